The van der Waals surface area contributed by atoms with Gasteiger partial charge in [-0.25, -0.2) is 13.4 Å². The maximum atomic E-state index is 14.2. The number of carbonyl (C=O) groups excluding carboxylic acids is 3. The molecule has 0 unspecified atom stereocenters. The molecule has 3 amide bonds. The molecular formula is C38H45N5O7S. The first-order valence-corrected chi connectivity index (χ1v) is 19.3. The van der Waals surface area contributed by atoms with Crippen molar-refractivity contribution in [2.45, 2.75) is 82.1 Å². The number of sulfonamides is 1. The summed E-state index contributed by atoms with van der Waals surface area (Å²) < 4.78 is 40.1. The Morgan fingerprint density at radius 3 is 2.55 bits per heavy atom. The summed E-state index contributed by atoms with van der Waals surface area (Å²) in [6, 6.07) is 11.3. The first-order chi connectivity index (χ1) is 24.4. The van der Waals surface area contributed by atoms with Crippen LogP contribution in [0, 0.1) is 31.6 Å². The molecule has 5 atom stereocenters. The van der Waals surface area contributed by atoms with Crippen LogP contribution in [0.4, 0.5) is 0 Å². The van der Waals surface area contributed by atoms with E-state index in [2.05, 4.69) is 15.0 Å². The fraction of sp³-hybridized carbons (Fsp3) is 0.500. The Hall–Kier alpha value is -4.52. The van der Waals surface area contributed by atoms with Crippen molar-refractivity contribution in [3.05, 3.63) is 59.8 Å². The number of rotatable bonds is 7. The normalized spacial score (nSPS) is 26.9. The topological polar surface area (TPSA) is 157 Å². The number of carbonyl (C=O) groups is 3. The van der Waals surface area contributed by atoms with Gasteiger partial charge >= 0.3 is 0 Å². The van der Waals surface area contributed by atoms with Crippen LogP contribution in [0.25, 0.3) is 22.3 Å². The molecule has 7 rings (SSSR count). The minimum Gasteiger partial charge on any atom is -0.496 e. The summed E-state index contributed by atoms with van der Waals surface area (Å²) in [5.74, 6) is -1.93. The van der Waals surface area contributed by atoms with Crippen LogP contribution in [0.1, 0.15) is 62.6 Å². The molecule has 51 heavy (non-hydrogen) atoms. The molecule has 2 aromatic heterocycles. The van der Waals surface area contributed by atoms with Crippen molar-refractivity contribution in [3.8, 4) is 22.9 Å². The fourth-order valence-corrected chi connectivity index (χ4v) is 8.95. The number of ether oxygens (including phenoxy) is 2. The Labute approximate surface area is 298 Å². The Morgan fingerprint density at radius 1 is 1.02 bits per heavy atom. The zero-order valence-corrected chi connectivity index (χ0v) is 30.3. The molecule has 0 radical (unpaired) electrons. The SMILES string of the molecule is COc1ccc2c(O[C@@H]3C[C@H]4C(=O)N[C@]5(C(=O)NS(=O)(=O)C6CC6)C[C@H]5C=CCCCCN(C)C(=O)[C@@H]4C3)cc(-c3cccc(C)n3)nc2c1C. The van der Waals surface area contributed by atoms with Crippen molar-refractivity contribution in [2.24, 2.45) is 17.8 Å². The molecule has 1 aromatic carbocycles. The van der Waals surface area contributed by atoms with Crippen LogP contribution in [0.2, 0.25) is 0 Å². The number of amides is 3. The Bertz CT molecular complexity index is 2030. The number of aromatic nitrogens is 2. The van der Waals surface area contributed by atoms with Gasteiger partial charge in [0.15, 0.2) is 0 Å². The van der Waals surface area contributed by atoms with Gasteiger partial charge in [0.1, 0.15) is 23.1 Å². The van der Waals surface area contributed by atoms with Gasteiger partial charge in [-0.15, -0.1) is 0 Å². The molecule has 0 saturated heterocycles. The number of aryl methyl sites for hydroxylation is 2. The van der Waals surface area contributed by atoms with Gasteiger partial charge in [-0.3, -0.25) is 24.1 Å². The van der Waals surface area contributed by atoms with E-state index in [1.807, 2.05) is 62.4 Å². The lowest BCUT2D eigenvalue weighted by molar-refractivity contribution is -0.140. The minimum absolute atomic E-state index is 0.152. The number of methoxy groups -OCH3 is 1. The maximum Gasteiger partial charge on any atom is 0.259 e. The summed E-state index contributed by atoms with van der Waals surface area (Å²) in [6.07, 6.45) is 7.58. The maximum absolute atomic E-state index is 14.2. The molecule has 2 N–H and O–H groups in total. The molecule has 3 saturated carbocycles. The molecule has 270 valence electrons. The molecule has 3 aliphatic carbocycles. The van der Waals surface area contributed by atoms with Crippen molar-refractivity contribution in [2.75, 3.05) is 20.7 Å². The number of fused-ring (bicyclic) bond motifs is 3. The van der Waals surface area contributed by atoms with Crippen LogP contribution >= 0.6 is 0 Å². The summed E-state index contributed by atoms with van der Waals surface area (Å²) in [7, 11) is -0.457. The lowest BCUT2D eigenvalue weighted by atomic mass is 9.93. The lowest BCUT2D eigenvalue weighted by Gasteiger charge is -2.26. The number of hydrogen-bond donors (Lipinski definition) is 2. The molecule has 4 aliphatic rings. The van der Waals surface area contributed by atoms with E-state index in [0.29, 0.717) is 47.8 Å². The molecule has 0 bridgehead atoms. The van der Waals surface area contributed by atoms with Gasteiger partial charge in [0.05, 0.1) is 41.1 Å². The summed E-state index contributed by atoms with van der Waals surface area (Å²) in [5, 5.41) is 3.13. The van der Waals surface area contributed by atoms with Gasteiger partial charge in [-0.2, -0.15) is 0 Å². The quantitative estimate of drug-likeness (QED) is 0.339. The summed E-state index contributed by atoms with van der Waals surface area (Å²) in [5.41, 5.74) is 2.27. The van der Waals surface area contributed by atoms with E-state index in [1.54, 1.807) is 19.1 Å². The molecule has 13 heteroatoms. The van der Waals surface area contributed by atoms with Gasteiger partial charge in [-0.05, 0) is 89.5 Å². The number of pyridine rings is 2. The number of nitrogens with zero attached hydrogens (tertiary/aromatic N) is 3. The van der Waals surface area contributed by atoms with Crippen molar-refractivity contribution in [3.63, 3.8) is 0 Å². The first-order valence-electron chi connectivity index (χ1n) is 17.8. The van der Waals surface area contributed by atoms with E-state index < -0.39 is 50.6 Å². The third-order valence-corrected chi connectivity index (χ3v) is 12.6. The van der Waals surface area contributed by atoms with E-state index in [1.165, 1.54) is 0 Å². The zero-order chi connectivity index (χ0) is 36.1. The van der Waals surface area contributed by atoms with Crippen LogP contribution in [-0.2, 0) is 24.4 Å². The molecule has 3 heterocycles. The molecule has 1 aliphatic heterocycles. The van der Waals surface area contributed by atoms with Crippen molar-refractivity contribution in [1.82, 2.24) is 24.9 Å². The Kier molecular flexibility index (Phi) is 9.28. The van der Waals surface area contributed by atoms with Crippen molar-refractivity contribution < 1.29 is 32.3 Å². The standard InChI is InChI=1S/C38H45N5O7S/c1-22-10-9-12-30(39-22)31-20-33(27-15-16-32(49-4)23(2)34(27)40-31)50-25-18-28-29(19-25)36(45)43(3)17-8-6-5-7-11-24-21-38(24,41-35(28)44)37(46)42-51(47,48)26-13-14-26/h7,9-12,15-16,20,24-26,28-29H,5-6,8,13-14,17-19,21H2,1-4H3,(H,41,44)(H,42,46)/t24-,25-,28-,29-,38-/m1/s1. The highest BCUT2D eigenvalue weighted by molar-refractivity contribution is 7.91. The second-order valence-corrected chi connectivity index (χ2v) is 16.5. The van der Waals surface area contributed by atoms with Gasteiger partial charge in [0.2, 0.25) is 21.8 Å². The smallest absolute Gasteiger partial charge is 0.259 e. The number of allylic oxidation sites excluding steroid dienone is 1. The largest absolute Gasteiger partial charge is 0.496 e. The average molecular weight is 716 g/mol. The van der Waals surface area contributed by atoms with E-state index in [4.69, 9.17) is 14.5 Å². The van der Waals surface area contributed by atoms with Crippen LogP contribution in [-0.4, -0.2) is 78.6 Å². The number of nitrogens with one attached hydrogen (secondary N) is 2. The fourth-order valence-electron chi connectivity index (χ4n) is 7.59. The lowest BCUT2D eigenvalue weighted by Crippen LogP contribution is -2.54. The number of hydrogen-bond acceptors (Lipinski definition) is 9. The number of benzene rings is 1. The van der Waals surface area contributed by atoms with Gasteiger partial charge in [0.25, 0.3) is 5.91 Å². The van der Waals surface area contributed by atoms with E-state index in [9.17, 15) is 22.8 Å². The minimum atomic E-state index is -3.83. The monoisotopic (exact) mass is 715 g/mol. The van der Waals surface area contributed by atoms with Crippen molar-refractivity contribution >= 4 is 38.6 Å². The second kappa shape index (κ2) is 13.6. The van der Waals surface area contributed by atoms with Crippen LogP contribution < -0.4 is 19.5 Å². The van der Waals surface area contributed by atoms with Gasteiger partial charge in [-0.1, -0.05) is 18.2 Å². The zero-order valence-electron chi connectivity index (χ0n) is 29.5. The van der Waals surface area contributed by atoms with E-state index >= 15 is 0 Å². The second-order valence-electron chi connectivity index (χ2n) is 14.5. The predicted molar refractivity (Wildman–Crippen MR) is 191 cm³/mol. The molecule has 0 spiro atoms. The summed E-state index contributed by atoms with van der Waals surface area (Å²) in [6.45, 7) is 4.41. The first kappa shape index (κ1) is 34.9. The molecule has 3 fully saturated rings. The third kappa shape index (κ3) is 6.92. The molecule has 3 aromatic rings. The van der Waals surface area contributed by atoms with E-state index in [0.717, 1.165) is 35.9 Å². The highest BCUT2D eigenvalue weighted by atomic mass is 32.2. The molecule has 12 nitrogen and oxygen atoms in total. The molecular weight excluding hydrogens is 671 g/mol. The predicted octanol–water partition coefficient (Wildman–Crippen LogP) is 4.38. The van der Waals surface area contributed by atoms with Crippen LogP contribution in [0.3, 0.4) is 0 Å². The Morgan fingerprint density at radius 2 is 1.80 bits per heavy atom. The van der Waals surface area contributed by atoms with E-state index in [-0.39, 0.29) is 31.1 Å². The third-order valence-electron chi connectivity index (χ3n) is 10.8. The van der Waals surface area contributed by atoms with Crippen LogP contribution in [0.5, 0.6) is 11.5 Å². The van der Waals surface area contributed by atoms with Crippen molar-refractivity contribution in [1.29, 1.82) is 0 Å². The Balaban J connectivity index is 1.21. The summed E-state index contributed by atoms with van der Waals surface area (Å²) >= 11 is 0. The highest BCUT2D eigenvalue weighted by Crippen LogP contribution is 2.47. The average Bonchev–Trinajstić information content (AvgIpc) is 4.03. The van der Waals surface area contributed by atoms with Gasteiger partial charge in [0, 0.05) is 42.2 Å². The van der Waals surface area contributed by atoms with Gasteiger partial charge < -0.3 is 19.7 Å². The van der Waals surface area contributed by atoms with Crippen LogP contribution in [0.15, 0.2) is 48.6 Å². The summed E-state index contributed by atoms with van der Waals surface area (Å²) in [4.78, 5) is 53.2. The highest BCUT2D eigenvalue weighted by Gasteiger charge is 2.62.